The molecule has 0 aliphatic carbocycles. The average Bonchev–Trinajstić information content (AvgIpc) is 2.66. The predicted molar refractivity (Wildman–Crippen MR) is 107 cm³/mol. The van der Waals surface area contributed by atoms with E-state index in [1.165, 1.54) is 4.90 Å². The molecule has 2 amide bonds. The second-order valence-corrected chi connectivity index (χ2v) is 6.85. The molecule has 6 heteroatoms. The van der Waals surface area contributed by atoms with Crippen LogP contribution in [0.2, 0.25) is 5.02 Å². The van der Waals surface area contributed by atoms with Crippen molar-refractivity contribution >= 4 is 23.4 Å². The molecule has 1 N–H and O–H groups in total. The van der Waals surface area contributed by atoms with Crippen LogP contribution < -0.4 is 10.1 Å². The van der Waals surface area contributed by atoms with Crippen molar-refractivity contribution < 1.29 is 14.3 Å². The number of hydrogen-bond acceptors (Lipinski definition) is 3. The van der Waals surface area contributed by atoms with E-state index in [9.17, 15) is 9.59 Å². The van der Waals surface area contributed by atoms with Crippen molar-refractivity contribution in [1.82, 2.24) is 10.2 Å². The Labute approximate surface area is 165 Å². The Morgan fingerprint density at radius 2 is 1.85 bits per heavy atom. The number of carbonyl (C=O) groups excluding carboxylic acids is 2. The summed E-state index contributed by atoms with van der Waals surface area (Å²) in [4.78, 5) is 26.5. The molecule has 1 atom stereocenters. The first-order valence-electron chi connectivity index (χ1n) is 8.78. The molecule has 0 saturated carbocycles. The predicted octanol–water partition coefficient (Wildman–Crippen LogP) is 3.50. The van der Waals surface area contributed by atoms with Crippen LogP contribution in [0.5, 0.6) is 5.75 Å². The van der Waals surface area contributed by atoms with Crippen LogP contribution in [0, 0.1) is 13.8 Å². The van der Waals surface area contributed by atoms with Crippen LogP contribution in [0.4, 0.5) is 0 Å². The summed E-state index contributed by atoms with van der Waals surface area (Å²) in [6.45, 7) is 5.74. The molecule has 0 saturated heterocycles. The molecule has 0 fully saturated rings. The van der Waals surface area contributed by atoms with Gasteiger partial charge in [-0.1, -0.05) is 35.9 Å². The largest absolute Gasteiger partial charge is 0.484 e. The first kappa shape index (κ1) is 20.8. The van der Waals surface area contributed by atoms with Crippen LogP contribution >= 0.6 is 11.6 Å². The SMILES string of the molecule is CNC(=O)[C@@H](C)N(Cc1ccccc1C)C(=O)COc1ccc(Cl)c(C)c1. The standard InChI is InChI=1S/C21H25ClN2O3/c1-14-7-5-6-8-17(14)12-24(16(3)21(26)23-4)20(25)13-27-18-9-10-19(22)15(2)11-18/h5-11,16H,12-13H2,1-4H3,(H,23,26)/t16-/m1/s1. The number of carbonyl (C=O) groups is 2. The number of halogens is 1. The Morgan fingerprint density at radius 3 is 2.48 bits per heavy atom. The number of benzene rings is 2. The van der Waals surface area contributed by atoms with Gasteiger partial charge in [-0.05, 0) is 55.7 Å². The van der Waals surface area contributed by atoms with E-state index in [-0.39, 0.29) is 18.4 Å². The van der Waals surface area contributed by atoms with Gasteiger partial charge < -0.3 is 15.0 Å². The highest BCUT2D eigenvalue weighted by atomic mass is 35.5. The zero-order valence-electron chi connectivity index (χ0n) is 16.1. The highest BCUT2D eigenvalue weighted by Gasteiger charge is 2.26. The summed E-state index contributed by atoms with van der Waals surface area (Å²) < 4.78 is 5.63. The van der Waals surface area contributed by atoms with Crippen molar-refractivity contribution in [3.8, 4) is 5.75 Å². The zero-order valence-corrected chi connectivity index (χ0v) is 16.8. The number of amides is 2. The number of hydrogen-bond donors (Lipinski definition) is 1. The Morgan fingerprint density at radius 1 is 1.15 bits per heavy atom. The summed E-state index contributed by atoms with van der Waals surface area (Å²) in [5.41, 5.74) is 2.93. The van der Waals surface area contributed by atoms with Gasteiger partial charge in [0.25, 0.3) is 5.91 Å². The molecular weight excluding hydrogens is 364 g/mol. The molecule has 2 aromatic carbocycles. The lowest BCUT2D eigenvalue weighted by Gasteiger charge is -2.28. The van der Waals surface area contributed by atoms with E-state index in [4.69, 9.17) is 16.3 Å². The first-order chi connectivity index (χ1) is 12.8. The molecule has 27 heavy (non-hydrogen) atoms. The number of ether oxygens (including phenoxy) is 1. The van der Waals surface area contributed by atoms with Gasteiger partial charge >= 0.3 is 0 Å². The molecule has 0 aliphatic rings. The number of rotatable bonds is 7. The quantitative estimate of drug-likeness (QED) is 0.789. The fraction of sp³-hybridized carbons (Fsp3) is 0.333. The van der Waals surface area contributed by atoms with Crippen LogP contribution in [-0.2, 0) is 16.1 Å². The van der Waals surface area contributed by atoms with Crippen molar-refractivity contribution in [1.29, 1.82) is 0 Å². The van der Waals surface area contributed by atoms with Crippen molar-refractivity contribution in [3.63, 3.8) is 0 Å². The molecule has 0 bridgehead atoms. The summed E-state index contributed by atoms with van der Waals surface area (Å²) in [5, 5.41) is 3.24. The maximum Gasteiger partial charge on any atom is 0.261 e. The number of nitrogens with one attached hydrogen (secondary N) is 1. The molecule has 0 radical (unpaired) electrons. The van der Waals surface area contributed by atoms with Gasteiger partial charge in [0.15, 0.2) is 6.61 Å². The van der Waals surface area contributed by atoms with E-state index in [2.05, 4.69) is 5.32 Å². The summed E-state index contributed by atoms with van der Waals surface area (Å²) in [5.74, 6) is 0.0786. The lowest BCUT2D eigenvalue weighted by atomic mass is 10.1. The summed E-state index contributed by atoms with van der Waals surface area (Å²) >= 11 is 6.02. The molecule has 2 aromatic rings. The second kappa shape index (κ2) is 9.42. The van der Waals surface area contributed by atoms with Crippen LogP contribution in [0.3, 0.4) is 0 Å². The smallest absolute Gasteiger partial charge is 0.261 e. The minimum absolute atomic E-state index is 0.158. The maximum atomic E-state index is 12.8. The third kappa shape index (κ3) is 5.47. The minimum atomic E-state index is -0.613. The molecule has 144 valence electrons. The number of likely N-dealkylation sites (N-methyl/N-ethyl adjacent to an activating group) is 1. The van der Waals surface area contributed by atoms with E-state index in [1.807, 2.05) is 38.1 Å². The highest BCUT2D eigenvalue weighted by molar-refractivity contribution is 6.31. The fourth-order valence-corrected chi connectivity index (χ4v) is 2.82. The fourth-order valence-electron chi connectivity index (χ4n) is 2.70. The Bertz CT molecular complexity index is 823. The number of aryl methyl sites for hydroxylation is 2. The normalized spacial score (nSPS) is 11.6. The lowest BCUT2D eigenvalue weighted by Crippen LogP contribution is -2.48. The third-order valence-corrected chi connectivity index (χ3v) is 4.93. The van der Waals surface area contributed by atoms with Gasteiger partial charge in [-0.3, -0.25) is 9.59 Å². The molecule has 2 rings (SSSR count). The van der Waals surface area contributed by atoms with E-state index in [0.29, 0.717) is 17.3 Å². The van der Waals surface area contributed by atoms with Gasteiger partial charge in [-0.25, -0.2) is 0 Å². The molecular formula is C21H25ClN2O3. The van der Waals surface area contributed by atoms with Gasteiger partial charge in [-0.15, -0.1) is 0 Å². The van der Waals surface area contributed by atoms with E-state index < -0.39 is 6.04 Å². The van der Waals surface area contributed by atoms with Gasteiger partial charge in [0.2, 0.25) is 5.91 Å². The van der Waals surface area contributed by atoms with E-state index in [0.717, 1.165) is 16.7 Å². The highest BCUT2D eigenvalue weighted by Crippen LogP contribution is 2.21. The molecule has 0 aliphatic heterocycles. The Balaban J connectivity index is 2.16. The monoisotopic (exact) mass is 388 g/mol. The lowest BCUT2D eigenvalue weighted by molar-refractivity contribution is -0.142. The second-order valence-electron chi connectivity index (χ2n) is 6.44. The number of nitrogens with zero attached hydrogens (tertiary/aromatic N) is 1. The summed E-state index contributed by atoms with van der Waals surface area (Å²) in [7, 11) is 1.56. The Kier molecular flexibility index (Phi) is 7.25. The van der Waals surface area contributed by atoms with E-state index >= 15 is 0 Å². The molecule has 0 unspecified atom stereocenters. The maximum absolute atomic E-state index is 12.8. The van der Waals surface area contributed by atoms with Gasteiger partial charge in [0, 0.05) is 18.6 Å². The topological polar surface area (TPSA) is 58.6 Å². The van der Waals surface area contributed by atoms with Crippen LogP contribution in [0.1, 0.15) is 23.6 Å². The van der Waals surface area contributed by atoms with Gasteiger partial charge in [0.1, 0.15) is 11.8 Å². The van der Waals surface area contributed by atoms with Crippen LogP contribution in [0.15, 0.2) is 42.5 Å². The average molecular weight is 389 g/mol. The van der Waals surface area contributed by atoms with Crippen molar-refractivity contribution in [2.24, 2.45) is 0 Å². The summed E-state index contributed by atoms with van der Waals surface area (Å²) in [6.07, 6.45) is 0. The van der Waals surface area contributed by atoms with Crippen molar-refractivity contribution in [2.75, 3.05) is 13.7 Å². The van der Waals surface area contributed by atoms with Gasteiger partial charge in [0.05, 0.1) is 0 Å². The minimum Gasteiger partial charge on any atom is -0.484 e. The van der Waals surface area contributed by atoms with Gasteiger partial charge in [-0.2, -0.15) is 0 Å². The first-order valence-corrected chi connectivity index (χ1v) is 9.15. The van der Waals surface area contributed by atoms with E-state index in [1.54, 1.807) is 32.2 Å². The molecule has 0 heterocycles. The molecule has 0 spiro atoms. The van der Waals surface area contributed by atoms with Crippen molar-refractivity contribution in [2.45, 2.75) is 33.4 Å². The van der Waals surface area contributed by atoms with Crippen molar-refractivity contribution in [3.05, 3.63) is 64.2 Å². The zero-order chi connectivity index (χ0) is 20.0. The van der Waals surface area contributed by atoms with Crippen LogP contribution in [-0.4, -0.2) is 36.4 Å². The third-order valence-electron chi connectivity index (χ3n) is 4.51. The van der Waals surface area contributed by atoms with Crippen LogP contribution in [0.25, 0.3) is 0 Å². The Hall–Kier alpha value is -2.53. The molecule has 5 nitrogen and oxygen atoms in total. The summed E-state index contributed by atoms with van der Waals surface area (Å²) in [6, 6.07) is 12.4. The molecule has 0 aromatic heterocycles.